The molecule has 0 heterocycles. The Morgan fingerprint density at radius 1 is 1.11 bits per heavy atom. The second-order valence-electron chi connectivity index (χ2n) is 4.06. The van der Waals surface area contributed by atoms with Crippen LogP contribution >= 0.6 is 15.9 Å². The van der Waals surface area contributed by atoms with Crippen LogP contribution in [0.1, 0.15) is 0 Å². The smallest absolute Gasteiger partial charge is 0.0732 e. The first kappa shape index (κ1) is 4.35. The highest BCUT2D eigenvalue weighted by Crippen LogP contribution is 2.95. The van der Waals surface area contributed by atoms with Crippen LogP contribution in [0.2, 0.25) is 0 Å². The van der Waals surface area contributed by atoms with Crippen LogP contribution in [-0.2, 0) is 0 Å². The van der Waals surface area contributed by atoms with Crippen molar-refractivity contribution in [2.24, 2.45) is 29.6 Å². The Kier molecular flexibility index (Phi) is 0.378. The quantitative estimate of drug-likeness (QED) is 0.551. The second kappa shape index (κ2) is 0.782. The van der Waals surface area contributed by atoms with Crippen molar-refractivity contribution in [3.05, 3.63) is 0 Å². The van der Waals surface area contributed by atoms with Gasteiger partial charge in [0.2, 0.25) is 0 Å². The molecule has 0 radical (unpaired) electrons. The zero-order valence-corrected chi connectivity index (χ0v) is 6.38. The van der Waals surface area contributed by atoms with Gasteiger partial charge in [-0.15, -0.1) is 0 Å². The summed E-state index contributed by atoms with van der Waals surface area (Å²) < 4.78 is 0.257. The third-order valence-electron chi connectivity index (χ3n) is 4.14. The Hall–Kier alpha value is 0.440. The van der Waals surface area contributed by atoms with Crippen molar-refractivity contribution in [2.75, 3.05) is 0 Å². The molecule has 5 atom stereocenters. The van der Waals surface area contributed by atoms with E-state index >= 15 is 0 Å². The summed E-state index contributed by atoms with van der Waals surface area (Å²) in [5.74, 6) is 4.47. The molecule has 5 aliphatic rings. The van der Waals surface area contributed by atoms with E-state index in [2.05, 4.69) is 15.9 Å². The first-order valence-corrected chi connectivity index (χ1v) is 4.44. The van der Waals surface area contributed by atoms with Gasteiger partial charge in [-0.25, -0.2) is 0 Å². The van der Waals surface area contributed by atoms with Gasteiger partial charge in [-0.05, 0) is 29.6 Å². The Labute approximate surface area is 61.6 Å². The molecule has 0 spiro atoms. The Bertz CT molecular complexity index is 207. The minimum absolute atomic E-state index is 0.0301. The van der Waals surface area contributed by atoms with Crippen LogP contribution in [0.4, 0.5) is 0 Å². The van der Waals surface area contributed by atoms with Crippen LogP contribution < -0.4 is 0 Å². The first-order valence-electron chi connectivity index (χ1n) is 3.65. The molecule has 5 fully saturated rings. The van der Waals surface area contributed by atoms with Crippen LogP contribution in [-0.4, -0.2) is 15.5 Å². The van der Waals surface area contributed by atoms with E-state index < -0.39 is 0 Å². The Balaban J connectivity index is 2.04. The van der Waals surface area contributed by atoms with Gasteiger partial charge in [-0.2, -0.15) is 0 Å². The van der Waals surface area contributed by atoms with Gasteiger partial charge < -0.3 is 5.11 Å². The molecule has 2 heteroatoms. The van der Waals surface area contributed by atoms with Gasteiger partial charge in [-0.1, -0.05) is 15.9 Å². The molecule has 5 unspecified atom stereocenters. The monoisotopic (exact) mass is 186 g/mol. The number of rotatable bonds is 0. The molecule has 5 rings (SSSR count). The SMILES string of the molecule is OC1C2C3C2C2C3C12Br. The topological polar surface area (TPSA) is 20.2 Å². The van der Waals surface area contributed by atoms with Gasteiger partial charge in [0.05, 0.1) is 10.4 Å². The summed E-state index contributed by atoms with van der Waals surface area (Å²) in [6, 6.07) is 0. The first-order chi connectivity index (χ1) is 4.28. The van der Waals surface area contributed by atoms with E-state index in [0.29, 0.717) is 0 Å². The molecule has 1 nitrogen and oxygen atoms in total. The lowest BCUT2D eigenvalue weighted by Crippen LogP contribution is -2.19. The molecule has 0 aromatic rings. The summed E-state index contributed by atoms with van der Waals surface area (Å²) in [4.78, 5) is 0. The van der Waals surface area contributed by atoms with Crippen LogP contribution in [0.15, 0.2) is 0 Å². The van der Waals surface area contributed by atoms with Gasteiger partial charge in [-0.3, -0.25) is 0 Å². The molecular weight excluding hydrogens is 180 g/mol. The predicted octanol–water partition coefficient (Wildman–Crippen LogP) is 0.616. The van der Waals surface area contributed by atoms with Crippen molar-refractivity contribution in [1.29, 1.82) is 0 Å². The summed E-state index contributed by atoms with van der Waals surface area (Å²) in [6.07, 6.45) is 0.0301. The van der Waals surface area contributed by atoms with Crippen molar-refractivity contribution in [3.8, 4) is 0 Å². The molecule has 5 aliphatic carbocycles. The fourth-order valence-corrected chi connectivity index (χ4v) is 5.16. The highest BCUT2D eigenvalue weighted by molar-refractivity contribution is 9.10. The van der Waals surface area contributed by atoms with Gasteiger partial charge in [0, 0.05) is 0 Å². The zero-order chi connectivity index (χ0) is 5.96. The van der Waals surface area contributed by atoms with E-state index in [-0.39, 0.29) is 10.4 Å². The highest BCUT2D eigenvalue weighted by atomic mass is 79.9. The van der Waals surface area contributed by atoms with E-state index in [1.54, 1.807) is 0 Å². The molecular formula is C7H7BrO. The molecule has 9 heavy (non-hydrogen) atoms. The highest BCUT2D eigenvalue weighted by Gasteiger charge is 2.98. The van der Waals surface area contributed by atoms with Crippen LogP contribution in [0.3, 0.4) is 0 Å². The third-order valence-corrected chi connectivity index (χ3v) is 5.67. The minimum Gasteiger partial charge on any atom is -0.391 e. The normalized spacial score (nSPS) is 94.0. The number of hydrogen-bond donors (Lipinski definition) is 1. The number of hydrogen-bond acceptors (Lipinski definition) is 1. The van der Waals surface area contributed by atoms with E-state index in [9.17, 15) is 5.11 Å². The van der Waals surface area contributed by atoms with Crippen molar-refractivity contribution >= 4 is 15.9 Å². The van der Waals surface area contributed by atoms with Crippen LogP contribution in [0.5, 0.6) is 0 Å². The zero-order valence-electron chi connectivity index (χ0n) is 4.79. The minimum atomic E-state index is 0.0301. The van der Waals surface area contributed by atoms with Gasteiger partial charge >= 0.3 is 0 Å². The van der Waals surface area contributed by atoms with Crippen molar-refractivity contribution in [1.82, 2.24) is 0 Å². The second-order valence-corrected chi connectivity index (χ2v) is 5.43. The number of aliphatic hydroxyl groups is 1. The molecule has 0 aromatic heterocycles. The largest absolute Gasteiger partial charge is 0.391 e. The summed E-state index contributed by atoms with van der Waals surface area (Å²) >= 11 is 3.66. The predicted molar refractivity (Wildman–Crippen MR) is 35.1 cm³/mol. The molecule has 1 N–H and O–H groups in total. The molecule has 2 bridgehead atoms. The van der Waals surface area contributed by atoms with Crippen LogP contribution in [0.25, 0.3) is 0 Å². The maximum Gasteiger partial charge on any atom is 0.0732 e. The number of aliphatic hydroxyl groups excluding tert-OH is 1. The Morgan fingerprint density at radius 2 is 1.67 bits per heavy atom. The summed E-state index contributed by atoms with van der Waals surface area (Å²) in [5.41, 5.74) is 0. The lowest BCUT2D eigenvalue weighted by molar-refractivity contribution is 0.162. The Morgan fingerprint density at radius 3 is 1.78 bits per heavy atom. The van der Waals surface area contributed by atoms with Crippen LogP contribution in [0, 0.1) is 29.6 Å². The number of alkyl halides is 1. The molecule has 0 amide bonds. The fourth-order valence-electron chi connectivity index (χ4n) is 3.81. The van der Waals surface area contributed by atoms with E-state index in [1.807, 2.05) is 0 Å². The van der Waals surface area contributed by atoms with E-state index in [1.165, 1.54) is 0 Å². The molecule has 5 saturated carbocycles. The van der Waals surface area contributed by atoms with Crippen molar-refractivity contribution < 1.29 is 5.11 Å². The standard InChI is InChI=1S/C7H7BrO/c8-7-4-1-2(5(4)7)3(1)6(7)9/h1-6,9H. The van der Waals surface area contributed by atoms with Crippen molar-refractivity contribution in [3.63, 3.8) is 0 Å². The van der Waals surface area contributed by atoms with Gasteiger partial charge in [0.15, 0.2) is 0 Å². The average molecular weight is 187 g/mol. The summed E-state index contributed by atoms with van der Waals surface area (Å²) in [6.45, 7) is 0. The fraction of sp³-hybridized carbons (Fsp3) is 1.00. The average Bonchev–Trinajstić information content (AvgIpc) is 2.38. The third kappa shape index (κ3) is 0.194. The lowest BCUT2D eigenvalue weighted by Gasteiger charge is -2.07. The van der Waals surface area contributed by atoms with E-state index in [0.717, 1.165) is 29.6 Å². The van der Waals surface area contributed by atoms with Gasteiger partial charge in [0.1, 0.15) is 0 Å². The molecule has 48 valence electrons. The lowest BCUT2D eigenvalue weighted by atomic mass is 10.0. The summed E-state index contributed by atoms with van der Waals surface area (Å²) in [5, 5.41) is 9.58. The molecule has 0 saturated heterocycles. The van der Waals surface area contributed by atoms with Crippen molar-refractivity contribution in [2.45, 2.75) is 10.4 Å². The maximum atomic E-state index is 9.58. The van der Waals surface area contributed by atoms with Gasteiger partial charge in [0.25, 0.3) is 0 Å². The molecule has 0 aliphatic heterocycles. The number of halogens is 1. The summed E-state index contributed by atoms with van der Waals surface area (Å²) in [7, 11) is 0. The van der Waals surface area contributed by atoms with E-state index in [4.69, 9.17) is 0 Å². The molecule has 0 aromatic carbocycles. The maximum absolute atomic E-state index is 9.58.